The lowest BCUT2D eigenvalue weighted by Crippen LogP contribution is -2.45. The van der Waals surface area contributed by atoms with Crippen LogP contribution in [0.4, 0.5) is 4.79 Å². The number of nitrogens with one attached hydrogen (secondary N) is 1. The first-order valence-corrected chi connectivity index (χ1v) is 5.57. The molecule has 18 heavy (non-hydrogen) atoms. The number of rotatable bonds is 5. The van der Waals surface area contributed by atoms with Crippen LogP contribution in [0.2, 0.25) is 0 Å². The molecule has 2 amide bonds. The van der Waals surface area contributed by atoms with Gasteiger partial charge in [0.25, 0.3) is 0 Å². The van der Waals surface area contributed by atoms with Crippen molar-refractivity contribution in [1.29, 1.82) is 0 Å². The summed E-state index contributed by atoms with van der Waals surface area (Å²) in [6.07, 6.45) is 1.57. The van der Waals surface area contributed by atoms with Crippen LogP contribution in [0.1, 0.15) is 19.7 Å². The Bertz CT molecular complexity index is 431. The van der Waals surface area contributed by atoms with Crippen LogP contribution in [0.25, 0.3) is 0 Å². The summed E-state index contributed by atoms with van der Waals surface area (Å²) in [4.78, 5) is 23.5. The minimum atomic E-state index is -1.05. The lowest BCUT2D eigenvalue weighted by atomic mass is 10.3. The summed E-state index contributed by atoms with van der Waals surface area (Å²) in [5.41, 5.74) is 0. The molecule has 2 N–H and O–H groups in total. The van der Waals surface area contributed by atoms with E-state index >= 15 is 0 Å². The molecule has 100 valence electrons. The highest BCUT2D eigenvalue weighted by molar-refractivity contribution is 5.81. The summed E-state index contributed by atoms with van der Waals surface area (Å²) in [7, 11) is 1.43. The van der Waals surface area contributed by atoms with Crippen molar-refractivity contribution in [1.82, 2.24) is 25.0 Å². The zero-order chi connectivity index (χ0) is 13.7. The first-order chi connectivity index (χ1) is 8.47. The lowest BCUT2D eigenvalue weighted by molar-refractivity contribution is -0.141. The van der Waals surface area contributed by atoms with Crippen LogP contribution >= 0.6 is 0 Å². The van der Waals surface area contributed by atoms with Crippen molar-refractivity contribution < 1.29 is 14.7 Å². The number of carboxylic acids is 1. The molecule has 0 aliphatic heterocycles. The Kier molecular flexibility index (Phi) is 4.64. The van der Waals surface area contributed by atoms with Crippen molar-refractivity contribution in [2.24, 2.45) is 0 Å². The third kappa shape index (κ3) is 3.19. The smallest absolute Gasteiger partial charge is 0.326 e. The summed E-state index contributed by atoms with van der Waals surface area (Å²) in [5, 5.41) is 19.0. The number of likely N-dealkylation sites (N-methyl/N-ethyl adjacent to an activating group) is 1. The van der Waals surface area contributed by atoms with Crippen molar-refractivity contribution >= 4 is 12.0 Å². The summed E-state index contributed by atoms with van der Waals surface area (Å²) in [6.45, 7) is 4.30. The van der Waals surface area contributed by atoms with Crippen LogP contribution in [0.15, 0.2) is 6.33 Å². The number of hydrogen-bond acceptors (Lipinski definition) is 4. The monoisotopic (exact) mass is 255 g/mol. The summed E-state index contributed by atoms with van der Waals surface area (Å²) in [6, 6.07) is -1.34. The third-order valence-electron chi connectivity index (χ3n) is 2.69. The van der Waals surface area contributed by atoms with Crippen molar-refractivity contribution in [2.75, 3.05) is 7.05 Å². The van der Waals surface area contributed by atoms with Gasteiger partial charge in [0.05, 0.1) is 6.54 Å². The van der Waals surface area contributed by atoms with Gasteiger partial charge in [-0.3, -0.25) is 0 Å². The fraction of sp³-hybridized carbons (Fsp3) is 0.600. The van der Waals surface area contributed by atoms with Gasteiger partial charge >= 0.3 is 12.0 Å². The number of carboxylic acid groups (broad SMARTS) is 1. The second-order valence-corrected chi connectivity index (χ2v) is 3.82. The van der Waals surface area contributed by atoms with E-state index in [0.717, 1.165) is 4.90 Å². The molecule has 1 aromatic rings. The van der Waals surface area contributed by atoms with E-state index in [1.165, 1.54) is 14.0 Å². The standard InChI is InChI=1S/C10H17N5O3/c1-4-15-6-12-13-8(15)5-11-10(18)14(3)7(2)9(16)17/h6-7H,4-5H2,1-3H3,(H,11,18)(H,16,17). The third-order valence-corrected chi connectivity index (χ3v) is 2.69. The van der Waals surface area contributed by atoms with Crippen molar-refractivity contribution in [3.8, 4) is 0 Å². The van der Waals surface area contributed by atoms with Crippen LogP contribution in [-0.4, -0.2) is 49.9 Å². The van der Waals surface area contributed by atoms with Gasteiger partial charge in [0.1, 0.15) is 12.4 Å². The lowest BCUT2D eigenvalue weighted by Gasteiger charge is -2.21. The Morgan fingerprint density at radius 3 is 2.83 bits per heavy atom. The van der Waals surface area contributed by atoms with Gasteiger partial charge in [0, 0.05) is 13.6 Å². The minimum absolute atomic E-state index is 0.212. The van der Waals surface area contributed by atoms with Gasteiger partial charge in [-0.05, 0) is 13.8 Å². The molecule has 1 aromatic heterocycles. The summed E-state index contributed by atoms with van der Waals surface area (Å²) >= 11 is 0. The van der Waals surface area contributed by atoms with E-state index in [0.29, 0.717) is 12.4 Å². The molecule has 0 aromatic carbocycles. The van der Waals surface area contributed by atoms with Crippen molar-refractivity contribution in [3.63, 3.8) is 0 Å². The van der Waals surface area contributed by atoms with Crippen LogP contribution in [0.5, 0.6) is 0 Å². The summed E-state index contributed by atoms with van der Waals surface area (Å²) < 4.78 is 1.79. The quantitative estimate of drug-likeness (QED) is 0.766. The first kappa shape index (κ1) is 13.9. The van der Waals surface area contributed by atoms with Crippen LogP contribution in [0, 0.1) is 0 Å². The number of amides is 2. The topological polar surface area (TPSA) is 100 Å². The Morgan fingerprint density at radius 2 is 2.28 bits per heavy atom. The van der Waals surface area contributed by atoms with Gasteiger partial charge in [0.15, 0.2) is 5.82 Å². The average molecular weight is 255 g/mol. The highest BCUT2D eigenvalue weighted by Crippen LogP contribution is 1.98. The number of hydrogen-bond donors (Lipinski definition) is 2. The highest BCUT2D eigenvalue weighted by atomic mass is 16.4. The molecule has 1 unspecified atom stereocenters. The number of aromatic nitrogens is 3. The Morgan fingerprint density at radius 1 is 1.61 bits per heavy atom. The van der Waals surface area contributed by atoms with Crippen LogP contribution in [0.3, 0.4) is 0 Å². The maximum atomic E-state index is 11.7. The maximum absolute atomic E-state index is 11.7. The van der Waals surface area contributed by atoms with Gasteiger partial charge in [-0.1, -0.05) is 0 Å². The molecule has 0 radical (unpaired) electrons. The normalized spacial score (nSPS) is 11.9. The van der Waals surface area contributed by atoms with Gasteiger partial charge in [0.2, 0.25) is 0 Å². The highest BCUT2D eigenvalue weighted by Gasteiger charge is 2.21. The number of urea groups is 1. The largest absolute Gasteiger partial charge is 0.480 e. The molecule has 1 rings (SSSR count). The predicted octanol–water partition coefficient (Wildman–Crippen LogP) is -0.0875. The number of aliphatic carboxylic acids is 1. The molecule has 0 bridgehead atoms. The Labute approximate surface area is 105 Å². The fourth-order valence-corrected chi connectivity index (χ4v) is 1.30. The molecule has 1 heterocycles. The van der Waals surface area contributed by atoms with E-state index in [1.54, 1.807) is 10.9 Å². The fourth-order valence-electron chi connectivity index (χ4n) is 1.30. The van der Waals surface area contributed by atoms with E-state index in [-0.39, 0.29) is 6.54 Å². The van der Waals surface area contributed by atoms with Crippen LogP contribution < -0.4 is 5.32 Å². The molecule has 0 saturated heterocycles. The van der Waals surface area contributed by atoms with E-state index in [2.05, 4.69) is 15.5 Å². The summed E-state index contributed by atoms with van der Waals surface area (Å²) in [5.74, 6) is -0.424. The number of carbonyl (C=O) groups excluding carboxylic acids is 1. The van der Waals surface area contributed by atoms with E-state index < -0.39 is 18.0 Å². The molecule has 8 nitrogen and oxygen atoms in total. The zero-order valence-electron chi connectivity index (χ0n) is 10.6. The van der Waals surface area contributed by atoms with E-state index in [4.69, 9.17) is 5.11 Å². The van der Waals surface area contributed by atoms with Gasteiger partial charge < -0.3 is 19.9 Å². The van der Waals surface area contributed by atoms with Gasteiger partial charge in [-0.25, -0.2) is 9.59 Å². The molecule has 0 aliphatic rings. The minimum Gasteiger partial charge on any atom is -0.480 e. The van der Waals surface area contributed by atoms with Crippen molar-refractivity contribution in [2.45, 2.75) is 33.0 Å². The molecular weight excluding hydrogens is 238 g/mol. The Hall–Kier alpha value is -2.12. The molecule has 0 aliphatic carbocycles. The number of nitrogens with zero attached hydrogens (tertiary/aromatic N) is 4. The zero-order valence-corrected chi connectivity index (χ0v) is 10.6. The second kappa shape index (κ2) is 5.99. The predicted molar refractivity (Wildman–Crippen MR) is 62.8 cm³/mol. The van der Waals surface area contributed by atoms with E-state index in [1.807, 2.05) is 6.92 Å². The molecule has 1 atom stereocenters. The van der Waals surface area contributed by atoms with Gasteiger partial charge in [-0.2, -0.15) is 0 Å². The molecule has 0 spiro atoms. The number of carbonyl (C=O) groups is 2. The SMILES string of the molecule is CCn1cnnc1CNC(=O)N(C)C(C)C(=O)O. The average Bonchev–Trinajstić information content (AvgIpc) is 2.81. The van der Waals surface area contributed by atoms with Gasteiger partial charge in [-0.15, -0.1) is 10.2 Å². The molecular formula is C10H17N5O3. The molecule has 0 fully saturated rings. The van der Waals surface area contributed by atoms with Crippen molar-refractivity contribution in [3.05, 3.63) is 12.2 Å². The second-order valence-electron chi connectivity index (χ2n) is 3.82. The van der Waals surface area contributed by atoms with Crippen LogP contribution in [-0.2, 0) is 17.9 Å². The van der Waals surface area contributed by atoms with E-state index in [9.17, 15) is 9.59 Å². The Balaban J connectivity index is 2.53. The molecule has 0 saturated carbocycles. The first-order valence-electron chi connectivity index (χ1n) is 5.57. The molecule has 8 heteroatoms. The number of aryl methyl sites for hydroxylation is 1. The maximum Gasteiger partial charge on any atom is 0.326 e.